The summed E-state index contributed by atoms with van der Waals surface area (Å²) in [7, 11) is 0. The first-order valence-corrected chi connectivity index (χ1v) is 0.975. The maximum Gasteiger partial charge on any atom is 1.00 e. The van der Waals surface area contributed by atoms with E-state index in [4.69, 9.17) is 9.90 Å². The second-order valence-electron chi connectivity index (χ2n) is 0.238. The van der Waals surface area contributed by atoms with Crippen molar-refractivity contribution in [2.75, 3.05) is 0 Å². The van der Waals surface area contributed by atoms with E-state index in [2.05, 4.69) is 11.6 Å². The minimum atomic E-state index is -1.61. The summed E-state index contributed by atoms with van der Waals surface area (Å²) in [6, 6.07) is 0. The smallest absolute Gasteiger partial charge is 0.534 e. The molecule has 4 heteroatoms. The molecule has 0 radical (unpaired) electrons. The van der Waals surface area contributed by atoms with Crippen molar-refractivity contribution in [3.63, 3.8) is 0 Å². The van der Waals surface area contributed by atoms with Gasteiger partial charge < -0.3 is 9.90 Å². The van der Waals surface area contributed by atoms with Crippen molar-refractivity contribution >= 4 is 17.0 Å². The summed E-state index contributed by atoms with van der Waals surface area (Å²) in [6.07, 6.45) is 0. The van der Waals surface area contributed by atoms with Crippen LogP contribution in [0.15, 0.2) is 0 Å². The second-order valence-corrected chi connectivity index (χ2v) is 0.546. The summed E-state index contributed by atoms with van der Waals surface area (Å²) in [5.74, 6) is 0. The molecule has 0 amide bonds. The van der Waals surface area contributed by atoms with E-state index in [0.717, 1.165) is 0 Å². The van der Waals surface area contributed by atoms with Crippen LogP contribution < -0.4 is 5.11 Å². The Hall–Kier alpha value is 0.500. The molecular formula is CAgClO2. The maximum atomic E-state index is 8.65. The molecular weight excluding hydrogens is 187 g/mol. The zero-order chi connectivity index (χ0) is 3.58. The molecule has 0 fully saturated rings. The predicted octanol–water partition coefficient (Wildman–Crippen LogP) is -0.434. The van der Waals surface area contributed by atoms with E-state index < -0.39 is 5.43 Å². The molecule has 0 bridgehead atoms. The number of hydrogen-bond acceptors (Lipinski definition) is 2. The molecule has 0 unspecified atom stereocenters. The number of carbonyl (C=O) groups is 1. The Kier molecular flexibility index (Phi) is 8.18. The normalized spacial score (nSPS) is 5.00. The monoisotopic (exact) mass is 186 g/mol. The summed E-state index contributed by atoms with van der Waals surface area (Å²) in [6.45, 7) is 0. The van der Waals surface area contributed by atoms with Crippen molar-refractivity contribution in [1.29, 1.82) is 0 Å². The number of carboxylic acid groups (broad SMARTS) is 1. The average molecular weight is 187 g/mol. The van der Waals surface area contributed by atoms with Crippen LogP contribution in [0.2, 0.25) is 0 Å². The fourth-order valence-electron chi connectivity index (χ4n) is 0. The Morgan fingerprint density at radius 2 is 1.80 bits per heavy atom. The Balaban J connectivity index is 0. The van der Waals surface area contributed by atoms with Gasteiger partial charge >= 0.3 is 22.4 Å². The maximum absolute atomic E-state index is 8.65. The Labute approximate surface area is 49.6 Å². The minimum Gasteiger partial charge on any atom is -0.534 e. The van der Waals surface area contributed by atoms with Crippen LogP contribution in [0.4, 0.5) is 4.79 Å². The number of carbonyl (C=O) groups excluding carboxylic acids is 1. The third kappa shape index (κ3) is 112. The first kappa shape index (κ1) is 9.09. The van der Waals surface area contributed by atoms with Crippen molar-refractivity contribution in [2.45, 2.75) is 0 Å². The van der Waals surface area contributed by atoms with Gasteiger partial charge in [0, 0.05) is 0 Å². The molecule has 0 aliphatic heterocycles. The third-order valence-corrected chi connectivity index (χ3v) is 0. The Bertz CT molecular complexity index is 32.6. The van der Waals surface area contributed by atoms with E-state index in [1.54, 1.807) is 0 Å². The zero-order valence-corrected chi connectivity index (χ0v) is 4.23. The zero-order valence-electron chi connectivity index (χ0n) is 2.00. The van der Waals surface area contributed by atoms with Gasteiger partial charge in [-0.25, -0.2) is 0 Å². The molecule has 0 saturated carbocycles. The molecule has 5 heavy (non-hydrogen) atoms. The van der Waals surface area contributed by atoms with Gasteiger partial charge in [0.25, 0.3) is 0 Å². The van der Waals surface area contributed by atoms with E-state index in [9.17, 15) is 0 Å². The largest absolute Gasteiger partial charge is 1.00 e. The molecule has 0 aromatic heterocycles. The fourth-order valence-corrected chi connectivity index (χ4v) is 0. The second kappa shape index (κ2) is 4.50. The van der Waals surface area contributed by atoms with Gasteiger partial charge in [-0.05, 0) is 0 Å². The SMILES string of the molecule is O=C([O-])Cl.[Ag+]. The van der Waals surface area contributed by atoms with Gasteiger partial charge in [0.2, 0.25) is 0 Å². The minimum absolute atomic E-state index is 0. The summed E-state index contributed by atoms with van der Waals surface area (Å²) in [5.41, 5.74) is -1.61. The average Bonchev–Trinajstić information content (AvgIpc) is 0.811. The van der Waals surface area contributed by atoms with E-state index in [-0.39, 0.29) is 22.4 Å². The van der Waals surface area contributed by atoms with Crippen LogP contribution in [0, 0.1) is 0 Å². The number of halogens is 1. The van der Waals surface area contributed by atoms with Gasteiger partial charge in [-0.3, -0.25) is 0 Å². The van der Waals surface area contributed by atoms with Gasteiger partial charge in [0.1, 0.15) is 5.43 Å². The van der Waals surface area contributed by atoms with Gasteiger partial charge in [0.15, 0.2) is 0 Å². The molecule has 0 aliphatic carbocycles. The van der Waals surface area contributed by atoms with Gasteiger partial charge in [0.05, 0.1) is 0 Å². The molecule has 2 nitrogen and oxygen atoms in total. The molecule has 34 valence electrons. The van der Waals surface area contributed by atoms with Crippen LogP contribution in [0.25, 0.3) is 0 Å². The van der Waals surface area contributed by atoms with Crippen molar-refractivity contribution < 1.29 is 32.3 Å². The first-order valence-electron chi connectivity index (χ1n) is 0.597. The third-order valence-electron chi connectivity index (χ3n) is 0. The van der Waals surface area contributed by atoms with Gasteiger partial charge in [-0.2, -0.15) is 0 Å². The van der Waals surface area contributed by atoms with E-state index in [1.807, 2.05) is 0 Å². The number of rotatable bonds is 0. The summed E-state index contributed by atoms with van der Waals surface area (Å²) >= 11 is 4.08. The summed E-state index contributed by atoms with van der Waals surface area (Å²) in [4.78, 5) is 8.65. The van der Waals surface area contributed by atoms with Crippen LogP contribution in [-0.2, 0) is 22.4 Å². The van der Waals surface area contributed by atoms with Gasteiger partial charge in [-0.1, -0.05) is 11.6 Å². The molecule has 0 atom stereocenters. The quantitative estimate of drug-likeness (QED) is 0.381. The number of hydrogen-bond donors (Lipinski definition) is 0. The molecule has 0 heterocycles. The molecule has 0 aromatic carbocycles. The van der Waals surface area contributed by atoms with E-state index in [0.29, 0.717) is 0 Å². The topological polar surface area (TPSA) is 40.1 Å². The molecule has 0 N–H and O–H groups in total. The molecule has 0 rings (SSSR count). The molecule has 0 saturated heterocycles. The van der Waals surface area contributed by atoms with Crippen molar-refractivity contribution in [2.24, 2.45) is 0 Å². The van der Waals surface area contributed by atoms with Crippen LogP contribution in [-0.4, -0.2) is 5.43 Å². The van der Waals surface area contributed by atoms with Crippen molar-refractivity contribution in [3.8, 4) is 0 Å². The molecule has 0 spiro atoms. The molecule has 0 aliphatic rings. The Morgan fingerprint density at radius 3 is 1.80 bits per heavy atom. The first-order chi connectivity index (χ1) is 1.73. The standard InChI is InChI=1S/CHClO2.Ag/c2-1(3)4;/h(H,3,4);/q;+1/p-1. The van der Waals surface area contributed by atoms with Crippen LogP contribution in [0.1, 0.15) is 0 Å². The van der Waals surface area contributed by atoms with Crippen LogP contribution >= 0.6 is 11.6 Å². The van der Waals surface area contributed by atoms with Crippen molar-refractivity contribution in [1.82, 2.24) is 0 Å². The summed E-state index contributed by atoms with van der Waals surface area (Å²) < 4.78 is 0. The van der Waals surface area contributed by atoms with Crippen LogP contribution in [0.3, 0.4) is 0 Å². The van der Waals surface area contributed by atoms with Gasteiger partial charge in [-0.15, -0.1) is 0 Å². The van der Waals surface area contributed by atoms with E-state index in [1.165, 1.54) is 0 Å². The molecule has 0 aromatic rings. The fraction of sp³-hybridized carbons (Fsp3) is 0. The Morgan fingerprint density at radius 1 is 1.80 bits per heavy atom. The predicted molar refractivity (Wildman–Crippen MR) is 11.2 cm³/mol. The van der Waals surface area contributed by atoms with E-state index >= 15 is 0 Å². The van der Waals surface area contributed by atoms with Crippen LogP contribution in [0.5, 0.6) is 0 Å². The summed E-state index contributed by atoms with van der Waals surface area (Å²) in [5, 5.41) is 8.65. The van der Waals surface area contributed by atoms with Crippen molar-refractivity contribution in [3.05, 3.63) is 0 Å².